The Morgan fingerprint density at radius 1 is 1.03 bits per heavy atom. The fourth-order valence-electron chi connectivity index (χ4n) is 3.22. The van der Waals surface area contributed by atoms with E-state index in [1.807, 2.05) is 0 Å². The number of nitrogens with one attached hydrogen (secondary N) is 2. The summed E-state index contributed by atoms with van der Waals surface area (Å²) in [5.74, 6) is -0.355. The van der Waals surface area contributed by atoms with Crippen LogP contribution >= 0.6 is 11.6 Å². The Morgan fingerprint density at radius 3 is 2.29 bits per heavy atom. The summed E-state index contributed by atoms with van der Waals surface area (Å²) in [5, 5.41) is 1.84. The topological polar surface area (TPSA) is 84.5 Å². The first-order valence-electron chi connectivity index (χ1n) is 10.5. The molecule has 35 heavy (non-hydrogen) atoms. The number of rotatable bonds is 9. The monoisotopic (exact) mass is 526 g/mol. The number of halogens is 4. The lowest BCUT2D eigenvalue weighted by molar-refractivity contribution is -0.137. The van der Waals surface area contributed by atoms with Crippen LogP contribution in [0.25, 0.3) is 0 Å². The van der Waals surface area contributed by atoms with E-state index < -0.39 is 38.7 Å². The van der Waals surface area contributed by atoms with Crippen LogP contribution in [-0.2, 0) is 27.4 Å². The summed E-state index contributed by atoms with van der Waals surface area (Å²) in [6, 6.07) is 15.8. The molecule has 1 atom stereocenters. The largest absolute Gasteiger partial charge is 0.494 e. The maximum atomic E-state index is 13.2. The van der Waals surface area contributed by atoms with Crippen LogP contribution in [0.3, 0.4) is 0 Å². The van der Waals surface area contributed by atoms with Gasteiger partial charge >= 0.3 is 6.18 Å². The van der Waals surface area contributed by atoms with Crippen LogP contribution in [0.5, 0.6) is 5.75 Å². The molecule has 1 amide bonds. The predicted octanol–water partition coefficient (Wildman–Crippen LogP) is 5.29. The van der Waals surface area contributed by atoms with Gasteiger partial charge in [0.2, 0.25) is 15.9 Å². The second-order valence-electron chi connectivity index (χ2n) is 7.45. The summed E-state index contributed by atoms with van der Waals surface area (Å²) in [5.41, 5.74) is -0.647. The Labute approximate surface area is 206 Å². The quantitative estimate of drug-likeness (QED) is 0.397. The van der Waals surface area contributed by atoms with Crippen molar-refractivity contribution >= 4 is 33.2 Å². The van der Waals surface area contributed by atoms with Crippen LogP contribution in [-0.4, -0.2) is 27.0 Å². The SMILES string of the molecule is CCOc1ccc(S(=O)(=O)NC(Cc2ccccc2)C(=O)Nc2ccc(Cl)c(C(F)(F)F)c2)cc1. The van der Waals surface area contributed by atoms with Gasteiger partial charge in [0.1, 0.15) is 11.8 Å². The van der Waals surface area contributed by atoms with Gasteiger partial charge in [0.25, 0.3) is 0 Å². The second-order valence-corrected chi connectivity index (χ2v) is 9.57. The molecule has 0 aliphatic heterocycles. The van der Waals surface area contributed by atoms with E-state index in [-0.39, 0.29) is 17.0 Å². The molecule has 1 unspecified atom stereocenters. The van der Waals surface area contributed by atoms with Crippen molar-refractivity contribution in [2.45, 2.75) is 30.5 Å². The highest BCUT2D eigenvalue weighted by atomic mass is 35.5. The molecule has 0 radical (unpaired) electrons. The summed E-state index contributed by atoms with van der Waals surface area (Å²) >= 11 is 5.64. The standard InChI is InChI=1S/C24H22ClF3N2O4S/c1-2-34-18-9-11-19(12-10-18)35(32,33)30-22(14-16-6-4-3-5-7-16)23(31)29-17-8-13-21(25)20(15-17)24(26,27)28/h3-13,15,22,30H,2,14H2,1H3,(H,29,31). The first-order valence-corrected chi connectivity index (χ1v) is 12.3. The van der Waals surface area contributed by atoms with Gasteiger partial charge in [-0.25, -0.2) is 8.42 Å². The molecule has 3 rings (SSSR count). The average molecular weight is 527 g/mol. The third-order valence-electron chi connectivity index (χ3n) is 4.88. The van der Waals surface area contributed by atoms with E-state index >= 15 is 0 Å². The number of hydrogen-bond acceptors (Lipinski definition) is 4. The Balaban J connectivity index is 1.87. The molecule has 3 aromatic rings. The van der Waals surface area contributed by atoms with Crippen LogP contribution in [0.1, 0.15) is 18.1 Å². The fraction of sp³-hybridized carbons (Fsp3) is 0.208. The van der Waals surface area contributed by atoms with Gasteiger partial charge < -0.3 is 10.1 Å². The number of benzene rings is 3. The highest BCUT2D eigenvalue weighted by Crippen LogP contribution is 2.36. The number of hydrogen-bond donors (Lipinski definition) is 2. The number of alkyl halides is 3. The molecule has 11 heteroatoms. The predicted molar refractivity (Wildman–Crippen MR) is 127 cm³/mol. The minimum Gasteiger partial charge on any atom is -0.494 e. The van der Waals surface area contributed by atoms with E-state index in [0.717, 1.165) is 6.07 Å². The molecule has 0 spiro atoms. The highest BCUT2D eigenvalue weighted by Gasteiger charge is 2.34. The molecular formula is C24H22ClF3N2O4S. The van der Waals surface area contributed by atoms with Gasteiger partial charge in [-0.15, -0.1) is 0 Å². The van der Waals surface area contributed by atoms with Crippen molar-refractivity contribution in [3.05, 3.63) is 88.9 Å². The molecule has 6 nitrogen and oxygen atoms in total. The minimum atomic E-state index is -4.73. The summed E-state index contributed by atoms with van der Waals surface area (Å²) < 4.78 is 73.3. The number of sulfonamides is 1. The number of amides is 1. The zero-order valence-corrected chi connectivity index (χ0v) is 20.0. The Kier molecular flexibility index (Phi) is 8.42. The minimum absolute atomic E-state index is 0.0390. The molecule has 0 fully saturated rings. The first kappa shape index (κ1) is 26.5. The van der Waals surface area contributed by atoms with E-state index in [1.165, 1.54) is 30.3 Å². The third kappa shape index (κ3) is 7.20. The Morgan fingerprint density at radius 2 is 1.69 bits per heavy atom. The average Bonchev–Trinajstić information content (AvgIpc) is 2.80. The van der Waals surface area contributed by atoms with Crippen LogP contribution in [0, 0.1) is 0 Å². The zero-order chi connectivity index (χ0) is 25.6. The van der Waals surface area contributed by atoms with E-state index in [4.69, 9.17) is 16.3 Å². The van der Waals surface area contributed by atoms with Crippen LogP contribution < -0.4 is 14.8 Å². The van der Waals surface area contributed by atoms with Crippen molar-refractivity contribution in [1.29, 1.82) is 0 Å². The van der Waals surface area contributed by atoms with Gasteiger partial charge in [0, 0.05) is 5.69 Å². The van der Waals surface area contributed by atoms with Gasteiger partial charge in [0.05, 0.1) is 22.1 Å². The van der Waals surface area contributed by atoms with E-state index in [2.05, 4.69) is 10.0 Å². The van der Waals surface area contributed by atoms with Gasteiger partial charge in [-0.05, 0) is 61.4 Å². The number of anilines is 1. The lowest BCUT2D eigenvalue weighted by Gasteiger charge is -2.19. The molecular weight excluding hydrogens is 505 g/mol. The van der Waals surface area contributed by atoms with Crippen molar-refractivity contribution in [2.75, 3.05) is 11.9 Å². The van der Waals surface area contributed by atoms with Gasteiger partial charge in [-0.3, -0.25) is 4.79 Å². The van der Waals surface area contributed by atoms with Crippen LogP contribution in [0.2, 0.25) is 5.02 Å². The molecule has 0 aliphatic carbocycles. The summed E-state index contributed by atoms with van der Waals surface area (Å²) in [6.45, 7) is 2.20. The number of carbonyl (C=O) groups is 1. The molecule has 0 saturated carbocycles. The smallest absolute Gasteiger partial charge is 0.417 e. The van der Waals surface area contributed by atoms with Crippen LogP contribution in [0.4, 0.5) is 18.9 Å². The van der Waals surface area contributed by atoms with Crippen molar-refractivity contribution < 1.29 is 31.1 Å². The molecule has 0 bridgehead atoms. The van der Waals surface area contributed by atoms with Crippen molar-refractivity contribution in [3.8, 4) is 5.75 Å². The van der Waals surface area contributed by atoms with Gasteiger partial charge in [0.15, 0.2) is 0 Å². The molecule has 0 aromatic heterocycles. The maximum absolute atomic E-state index is 13.2. The summed E-state index contributed by atoms with van der Waals surface area (Å²) in [4.78, 5) is 12.9. The van der Waals surface area contributed by atoms with Crippen molar-refractivity contribution in [3.63, 3.8) is 0 Å². The van der Waals surface area contributed by atoms with E-state index in [1.54, 1.807) is 37.3 Å². The summed E-state index contributed by atoms with van der Waals surface area (Å²) in [6.07, 6.45) is -4.76. The fourth-order valence-corrected chi connectivity index (χ4v) is 4.64. The molecule has 2 N–H and O–H groups in total. The van der Waals surface area contributed by atoms with Gasteiger partial charge in [-0.2, -0.15) is 17.9 Å². The van der Waals surface area contributed by atoms with Crippen LogP contribution in [0.15, 0.2) is 77.7 Å². The van der Waals surface area contributed by atoms with E-state index in [0.29, 0.717) is 24.0 Å². The highest BCUT2D eigenvalue weighted by molar-refractivity contribution is 7.89. The van der Waals surface area contributed by atoms with E-state index in [9.17, 15) is 26.4 Å². The Hall–Kier alpha value is -3.08. The maximum Gasteiger partial charge on any atom is 0.417 e. The van der Waals surface area contributed by atoms with Crippen molar-refractivity contribution in [1.82, 2.24) is 4.72 Å². The molecule has 0 aliphatic rings. The van der Waals surface area contributed by atoms with Gasteiger partial charge in [-0.1, -0.05) is 41.9 Å². The third-order valence-corrected chi connectivity index (χ3v) is 6.70. The molecule has 0 heterocycles. The molecule has 186 valence electrons. The summed E-state index contributed by atoms with van der Waals surface area (Å²) in [7, 11) is -4.15. The second kappa shape index (κ2) is 11.1. The zero-order valence-electron chi connectivity index (χ0n) is 18.5. The Bertz CT molecular complexity index is 1270. The normalized spacial score (nSPS) is 12.7. The first-order chi connectivity index (χ1) is 16.5. The lowest BCUT2D eigenvalue weighted by atomic mass is 10.1. The number of carbonyl (C=O) groups excluding carboxylic acids is 1. The number of ether oxygens (including phenoxy) is 1. The molecule has 0 saturated heterocycles. The lowest BCUT2D eigenvalue weighted by Crippen LogP contribution is -2.45. The van der Waals surface area contributed by atoms with Crippen molar-refractivity contribution in [2.24, 2.45) is 0 Å². The molecule has 3 aromatic carbocycles.